The van der Waals surface area contributed by atoms with Gasteiger partial charge in [0, 0.05) is 44.3 Å². The van der Waals surface area contributed by atoms with E-state index in [1.807, 2.05) is 18.2 Å². The number of fused-ring (bicyclic) bond motifs is 1. The number of carbonyl (C=O) groups is 3. The van der Waals surface area contributed by atoms with Crippen molar-refractivity contribution in [2.75, 3.05) is 26.2 Å². The summed E-state index contributed by atoms with van der Waals surface area (Å²) in [5.41, 5.74) is 2.14. The minimum Gasteiger partial charge on any atom is -0.338 e. The van der Waals surface area contributed by atoms with Gasteiger partial charge in [-0.05, 0) is 36.6 Å². The van der Waals surface area contributed by atoms with Crippen LogP contribution in [0.4, 0.5) is 0 Å². The summed E-state index contributed by atoms with van der Waals surface area (Å²) in [6.07, 6.45) is 1.18. The fourth-order valence-corrected chi connectivity index (χ4v) is 5.41. The topological polar surface area (TPSA) is 84.7 Å². The van der Waals surface area contributed by atoms with Gasteiger partial charge in [0.05, 0.1) is 23.5 Å². The number of rotatable bonds is 4. The van der Waals surface area contributed by atoms with Gasteiger partial charge in [0.15, 0.2) is 0 Å². The summed E-state index contributed by atoms with van der Waals surface area (Å²) in [5, 5.41) is 9.07. The molecule has 7 heteroatoms. The normalized spacial score (nSPS) is 23.6. The summed E-state index contributed by atoms with van der Waals surface area (Å²) in [6, 6.07) is 18.7. The Bertz CT molecular complexity index is 1090. The molecule has 33 heavy (non-hydrogen) atoms. The first-order valence-corrected chi connectivity index (χ1v) is 11.5. The third-order valence-corrected chi connectivity index (χ3v) is 7.11. The van der Waals surface area contributed by atoms with E-state index in [1.54, 1.807) is 29.2 Å². The van der Waals surface area contributed by atoms with Crippen molar-refractivity contribution in [3.63, 3.8) is 0 Å². The molecular weight excluding hydrogens is 416 g/mol. The molecule has 0 aromatic heterocycles. The highest BCUT2D eigenvalue weighted by Crippen LogP contribution is 2.37. The molecule has 2 aromatic rings. The zero-order valence-electron chi connectivity index (χ0n) is 18.4. The van der Waals surface area contributed by atoms with Gasteiger partial charge in [-0.1, -0.05) is 36.4 Å². The Kier molecular flexibility index (Phi) is 5.69. The van der Waals surface area contributed by atoms with Crippen LogP contribution in [0.3, 0.4) is 0 Å². The average molecular weight is 443 g/mol. The van der Waals surface area contributed by atoms with Crippen molar-refractivity contribution in [3.8, 4) is 6.07 Å². The highest BCUT2D eigenvalue weighted by Gasteiger charge is 2.54. The molecule has 0 spiro atoms. The number of nitriles is 1. The molecule has 0 N–H and O–H groups in total. The summed E-state index contributed by atoms with van der Waals surface area (Å²) in [4.78, 5) is 44.6. The van der Waals surface area contributed by atoms with E-state index in [2.05, 4.69) is 23.1 Å². The Morgan fingerprint density at radius 3 is 2.24 bits per heavy atom. The molecular formula is C26H26N4O3. The van der Waals surface area contributed by atoms with Crippen LogP contribution in [-0.2, 0) is 16.1 Å². The van der Waals surface area contributed by atoms with Crippen LogP contribution in [0.1, 0.15) is 34.3 Å². The number of imide groups is 1. The molecule has 3 aliphatic rings. The third-order valence-electron chi connectivity index (χ3n) is 7.11. The second-order valence-electron chi connectivity index (χ2n) is 9.16. The van der Waals surface area contributed by atoms with Gasteiger partial charge >= 0.3 is 0 Å². The molecule has 3 saturated heterocycles. The number of hydrogen-bond acceptors (Lipinski definition) is 5. The van der Waals surface area contributed by atoms with Crippen LogP contribution in [0.15, 0.2) is 54.6 Å². The zero-order valence-corrected chi connectivity index (χ0v) is 18.4. The first kappa shape index (κ1) is 21.4. The Hall–Kier alpha value is -3.50. The minimum absolute atomic E-state index is 0.0490. The lowest BCUT2D eigenvalue weighted by molar-refractivity contribution is -0.144. The van der Waals surface area contributed by atoms with E-state index < -0.39 is 0 Å². The number of nitrogens with zero attached hydrogens (tertiary/aromatic N) is 4. The summed E-state index contributed by atoms with van der Waals surface area (Å²) >= 11 is 0. The van der Waals surface area contributed by atoms with Gasteiger partial charge < -0.3 is 4.90 Å². The molecule has 3 amide bonds. The second kappa shape index (κ2) is 8.80. The van der Waals surface area contributed by atoms with Gasteiger partial charge in [-0.3, -0.25) is 24.2 Å². The van der Waals surface area contributed by atoms with Crippen LogP contribution in [0.25, 0.3) is 0 Å². The van der Waals surface area contributed by atoms with E-state index >= 15 is 0 Å². The summed E-state index contributed by atoms with van der Waals surface area (Å²) in [7, 11) is 0. The van der Waals surface area contributed by atoms with Crippen molar-refractivity contribution >= 4 is 17.7 Å². The smallest absolute Gasteiger partial charge is 0.253 e. The van der Waals surface area contributed by atoms with Crippen molar-refractivity contribution in [2.24, 2.45) is 11.8 Å². The molecule has 0 unspecified atom stereocenters. The highest BCUT2D eigenvalue weighted by molar-refractivity contribution is 6.06. The lowest BCUT2D eigenvalue weighted by Gasteiger charge is -2.36. The SMILES string of the molecule is N#Cc1cccc(C(=O)N2CCC(N3C(=O)[C@H]4CN(Cc5ccccc5)C[C@H]4C3=O)CC2)c1. The van der Waals surface area contributed by atoms with Gasteiger partial charge in [0.25, 0.3) is 5.91 Å². The number of likely N-dealkylation sites (tertiary alicyclic amines) is 3. The van der Waals surface area contributed by atoms with Crippen molar-refractivity contribution in [3.05, 3.63) is 71.3 Å². The maximum absolute atomic E-state index is 13.2. The molecule has 3 aliphatic heterocycles. The summed E-state index contributed by atoms with van der Waals surface area (Å²) in [5.74, 6) is -0.721. The third kappa shape index (κ3) is 4.03. The number of hydrogen-bond donors (Lipinski definition) is 0. The van der Waals surface area contributed by atoms with Gasteiger partial charge in [0.1, 0.15) is 0 Å². The Morgan fingerprint density at radius 2 is 1.61 bits per heavy atom. The zero-order chi connectivity index (χ0) is 22.9. The molecule has 3 heterocycles. The van der Waals surface area contributed by atoms with E-state index in [4.69, 9.17) is 5.26 Å². The molecule has 3 fully saturated rings. The summed E-state index contributed by atoms with van der Waals surface area (Å²) < 4.78 is 0. The van der Waals surface area contributed by atoms with Gasteiger partial charge in [-0.25, -0.2) is 0 Å². The van der Waals surface area contributed by atoms with Gasteiger partial charge in [-0.15, -0.1) is 0 Å². The van der Waals surface area contributed by atoms with E-state index in [1.165, 1.54) is 10.5 Å². The van der Waals surface area contributed by atoms with E-state index in [9.17, 15) is 14.4 Å². The first-order chi connectivity index (χ1) is 16.0. The van der Waals surface area contributed by atoms with Crippen LogP contribution in [0, 0.1) is 23.2 Å². The van der Waals surface area contributed by atoms with Crippen molar-refractivity contribution in [2.45, 2.75) is 25.4 Å². The molecule has 7 nitrogen and oxygen atoms in total. The van der Waals surface area contributed by atoms with Gasteiger partial charge in [-0.2, -0.15) is 5.26 Å². The average Bonchev–Trinajstić information content (AvgIpc) is 3.37. The fraction of sp³-hybridized carbons (Fsp3) is 0.385. The van der Waals surface area contributed by atoms with Crippen LogP contribution in [-0.4, -0.2) is 64.6 Å². The van der Waals surface area contributed by atoms with Crippen LogP contribution < -0.4 is 0 Å². The predicted octanol–water partition coefficient (Wildman–Crippen LogP) is 2.28. The molecule has 0 aliphatic carbocycles. The molecule has 0 saturated carbocycles. The number of amides is 3. The largest absolute Gasteiger partial charge is 0.338 e. The van der Waals surface area contributed by atoms with Crippen molar-refractivity contribution in [1.82, 2.24) is 14.7 Å². The lowest BCUT2D eigenvalue weighted by Crippen LogP contribution is -2.50. The van der Waals surface area contributed by atoms with Crippen LogP contribution in [0.2, 0.25) is 0 Å². The summed E-state index contributed by atoms with van der Waals surface area (Å²) in [6.45, 7) is 2.97. The first-order valence-electron chi connectivity index (χ1n) is 11.5. The van der Waals surface area contributed by atoms with E-state index in [0.29, 0.717) is 50.1 Å². The van der Waals surface area contributed by atoms with Crippen LogP contribution in [0.5, 0.6) is 0 Å². The quantitative estimate of drug-likeness (QED) is 0.679. The Labute approximate surface area is 193 Å². The molecule has 2 aromatic carbocycles. The highest BCUT2D eigenvalue weighted by atomic mass is 16.2. The second-order valence-corrected chi connectivity index (χ2v) is 9.16. The maximum Gasteiger partial charge on any atom is 0.253 e. The molecule has 0 bridgehead atoms. The van der Waals surface area contributed by atoms with Gasteiger partial charge in [0.2, 0.25) is 11.8 Å². The Balaban J connectivity index is 1.19. The predicted molar refractivity (Wildman–Crippen MR) is 121 cm³/mol. The standard InChI is InChI=1S/C26H26N4O3/c27-14-19-7-4-8-20(13-19)24(31)29-11-9-21(10-12-29)30-25(32)22-16-28(17-23(22)26(30)33)15-18-5-2-1-3-6-18/h1-8,13,21-23H,9-12,15-17H2/t22-,23+. The fourth-order valence-electron chi connectivity index (χ4n) is 5.41. The van der Waals surface area contributed by atoms with Crippen molar-refractivity contribution < 1.29 is 14.4 Å². The van der Waals surface area contributed by atoms with E-state index in [-0.39, 0.29) is 35.6 Å². The Morgan fingerprint density at radius 1 is 0.939 bits per heavy atom. The lowest BCUT2D eigenvalue weighted by atomic mass is 10.00. The maximum atomic E-state index is 13.2. The van der Waals surface area contributed by atoms with Crippen LogP contribution >= 0.6 is 0 Å². The van der Waals surface area contributed by atoms with Crippen molar-refractivity contribution in [1.29, 1.82) is 5.26 Å². The molecule has 5 rings (SSSR count). The minimum atomic E-state index is -0.255. The van der Waals surface area contributed by atoms with E-state index in [0.717, 1.165) is 6.54 Å². The number of benzene rings is 2. The molecule has 0 radical (unpaired) electrons. The number of carbonyl (C=O) groups excluding carboxylic acids is 3. The monoisotopic (exact) mass is 442 g/mol. The molecule has 2 atom stereocenters. The molecule has 168 valence electrons. The number of piperidine rings is 1.